The van der Waals surface area contributed by atoms with Crippen LogP contribution in [0.3, 0.4) is 0 Å². The topological polar surface area (TPSA) is 12.0 Å². The lowest BCUT2D eigenvalue weighted by Crippen LogP contribution is -2.43. The molecule has 0 bridgehead atoms. The van der Waals surface area contributed by atoms with Crippen LogP contribution in [-0.2, 0) is 0 Å². The molecule has 0 aromatic rings. The molecule has 0 aromatic carbocycles. The van der Waals surface area contributed by atoms with Gasteiger partial charge in [0.05, 0.1) is 5.37 Å². The fourth-order valence-electron chi connectivity index (χ4n) is 1.54. The maximum absolute atomic E-state index is 3.62. The summed E-state index contributed by atoms with van der Waals surface area (Å²) in [5.41, 5.74) is 0.418. The van der Waals surface area contributed by atoms with E-state index in [1.807, 2.05) is 0 Å². The van der Waals surface area contributed by atoms with Crippen molar-refractivity contribution in [3.8, 4) is 0 Å². The van der Waals surface area contributed by atoms with Crippen LogP contribution in [0.25, 0.3) is 0 Å². The quantitative estimate of drug-likeness (QED) is 0.699. The summed E-state index contributed by atoms with van der Waals surface area (Å²) in [5, 5.41) is 5.10. The first kappa shape index (κ1) is 11.4. The van der Waals surface area contributed by atoms with Gasteiger partial charge in [0.2, 0.25) is 0 Å². The van der Waals surface area contributed by atoms with Crippen LogP contribution in [0.4, 0.5) is 0 Å². The second kappa shape index (κ2) is 4.22. The van der Waals surface area contributed by atoms with E-state index in [4.69, 9.17) is 0 Å². The molecule has 78 valence electrons. The van der Waals surface area contributed by atoms with Crippen LogP contribution < -0.4 is 5.32 Å². The van der Waals surface area contributed by atoms with Gasteiger partial charge in [-0.2, -0.15) is 0 Å². The van der Waals surface area contributed by atoms with E-state index in [-0.39, 0.29) is 0 Å². The third-order valence-corrected chi connectivity index (χ3v) is 4.66. The molecule has 1 nitrogen and oxygen atoms in total. The smallest absolute Gasteiger partial charge is 0.0565 e. The van der Waals surface area contributed by atoms with E-state index in [0.717, 1.165) is 11.2 Å². The van der Waals surface area contributed by atoms with Crippen LogP contribution in [0.5, 0.6) is 0 Å². The monoisotopic (exact) mass is 201 g/mol. The van der Waals surface area contributed by atoms with Crippen molar-refractivity contribution in [2.45, 2.75) is 51.7 Å². The second-order valence-corrected chi connectivity index (χ2v) is 6.85. The van der Waals surface area contributed by atoms with Crippen molar-refractivity contribution in [3.05, 3.63) is 0 Å². The van der Waals surface area contributed by atoms with Crippen molar-refractivity contribution in [3.63, 3.8) is 0 Å². The van der Waals surface area contributed by atoms with E-state index in [1.54, 1.807) is 0 Å². The van der Waals surface area contributed by atoms with Gasteiger partial charge in [-0.3, -0.25) is 0 Å². The van der Waals surface area contributed by atoms with Gasteiger partial charge in [-0.15, -0.1) is 11.8 Å². The highest BCUT2D eigenvalue weighted by atomic mass is 32.2. The number of thioether (sulfide) groups is 1. The molecule has 0 amide bonds. The van der Waals surface area contributed by atoms with Gasteiger partial charge in [0, 0.05) is 5.25 Å². The third kappa shape index (κ3) is 3.17. The Bertz CT molecular complexity index is 162. The zero-order valence-electron chi connectivity index (χ0n) is 9.55. The predicted octanol–water partition coefficient (Wildman–Crippen LogP) is 3.11. The Morgan fingerprint density at radius 2 is 2.00 bits per heavy atom. The predicted molar refractivity (Wildman–Crippen MR) is 62.1 cm³/mol. The molecule has 1 heterocycles. The molecule has 1 rings (SSSR count). The summed E-state index contributed by atoms with van der Waals surface area (Å²) >= 11 is 2.11. The van der Waals surface area contributed by atoms with E-state index < -0.39 is 0 Å². The lowest BCUT2D eigenvalue weighted by molar-refractivity contribution is 0.235. The maximum Gasteiger partial charge on any atom is 0.0565 e. The highest BCUT2D eigenvalue weighted by Crippen LogP contribution is 2.36. The first-order valence-electron chi connectivity index (χ1n) is 5.30. The van der Waals surface area contributed by atoms with Crippen LogP contribution >= 0.6 is 11.8 Å². The summed E-state index contributed by atoms with van der Waals surface area (Å²) in [5.74, 6) is 0.736. The number of hydrogen-bond donors (Lipinski definition) is 1. The van der Waals surface area contributed by atoms with Crippen molar-refractivity contribution < 1.29 is 0 Å². The van der Waals surface area contributed by atoms with Crippen LogP contribution in [0.15, 0.2) is 0 Å². The van der Waals surface area contributed by atoms with Gasteiger partial charge in [0.15, 0.2) is 0 Å². The van der Waals surface area contributed by atoms with Gasteiger partial charge in [-0.05, 0) is 24.3 Å². The average Bonchev–Trinajstić information content (AvgIpc) is 2.01. The lowest BCUT2D eigenvalue weighted by Gasteiger charge is -2.38. The first-order valence-corrected chi connectivity index (χ1v) is 6.24. The summed E-state index contributed by atoms with van der Waals surface area (Å²) in [6.07, 6.45) is 1.32. The molecule has 3 unspecified atom stereocenters. The standard InChI is InChI=1S/C11H23NS/c1-8-6-7-12-10(13-8)9(2)11(3,4)5/h8-10,12H,6-7H2,1-5H3. The highest BCUT2D eigenvalue weighted by Gasteiger charge is 2.31. The minimum Gasteiger partial charge on any atom is -0.305 e. The number of nitrogens with one attached hydrogen (secondary N) is 1. The Morgan fingerprint density at radius 3 is 2.46 bits per heavy atom. The Labute approximate surface area is 87.1 Å². The minimum atomic E-state index is 0.418. The third-order valence-electron chi connectivity index (χ3n) is 3.10. The van der Waals surface area contributed by atoms with Crippen LogP contribution in [0.2, 0.25) is 0 Å². The van der Waals surface area contributed by atoms with Crippen molar-refractivity contribution in [2.75, 3.05) is 6.54 Å². The molecule has 1 aliphatic heterocycles. The first-order chi connectivity index (χ1) is 5.91. The molecular formula is C11H23NS. The Balaban J connectivity index is 2.51. The minimum absolute atomic E-state index is 0.418. The Hall–Kier alpha value is 0.310. The number of rotatable bonds is 1. The van der Waals surface area contributed by atoms with Gasteiger partial charge < -0.3 is 5.32 Å². The summed E-state index contributed by atoms with van der Waals surface area (Å²) in [6, 6.07) is 0. The molecule has 0 spiro atoms. The highest BCUT2D eigenvalue weighted by molar-refractivity contribution is 8.00. The van der Waals surface area contributed by atoms with Crippen molar-refractivity contribution in [1.82, 2.24) is 5.32 Å². The van der Waals surface area contributed by atoms with Gasteiger partial charge in [-0.25, -0.2) is 0 Å². The maximum atomic E-state index is 3.62. The molecule has 0 aliphatic carbocycles. The van der Waals surface area contributed by atoms with Crippen LogP contribution in [0, 0.1) is 11.3 Å². The van der Waals surface area contributed by atoms with Gasteiger partial charge in [-0.1, -0.05) is 34.6 Å². The molecular weight excluding hydrogens is 178 g/mol. The molecule has 3 atom stereocenters. The molecule has 0 radical (unpaired) electrons. The molecule has 0 saturated carbocycles. The molecule has 1 saturated heterocycles. The van der Waals surface area contributed by atoms with Crippen molar-refractivity contribution >= 4 is 11.8 Å². The van der Waals surface area contributed by atoms with Crippen molar-refractivity contribution in [2.24, 2.45) is 11.3 Å². The summed E-state index contributed by atoms with van der Waals surface area (Å²) in [7, 11) is 0. The van der Waals surface area contributed by atoms with Gasteiger partial charge >= 0.3 is 0 Å². The van der Waals surface area contributed by atoms with Gasteiger partial charge in [0.1, 0.15) is 0 Å². The van der Waals surface area contributed by atoms with Crippen LogP contribution in [-0.4, -0.2) is 17.2 Å². The van der Waals surface area contributed by atoms with E-state index >= 15 is 0 Å². The lowest BCUT2D eigenvalue weighted by atomic mass is 9.82. The molecule has 1 aliphatic rings. The van der Waals surface area contributed by atoms with E-state index in [1.165, 1.54) is 13.0 Å². The number of hydrogen-bond acceptors (Lipinski definition) is 2. The summed E-state index contributed by atoms with van der Waals surface area (Å²) in [4.78, 5) is 0. The SMILES string of the molecule is CC1CCNC(C(C)C(C)(C)C)S1. The summed E-state index contributed by atoms with van der Waals surface area (Å²) < 4.78 is 0. The molecule has 0 aromatic heterocycles. The normalized spacial score (nSPS) is 33.0. The van der Waals surface area contributed by atoms with E-state index in [0.29, 0.717) is 10.8 Å². The van der Waals surface area contributed by atoms with Gasteiger partial charge in [0.25, 0.3) is 0 Å². The van der Waals surface area contributed by atoms with Crippen LogP contribution in [0.1, 0.15) is 41.0 Å². The Morgan fingerprint density at radius 1 is 1.38 bits per heavy atom. The van der Waals surface area contributed by atoms with E-state index in [9.17, 15) is 0 Å². The molecule has 1 N–H and O–H groups in total. The largest absolute Gasteiger partial charge is 0.305 e. The zero-order chi connectivity index (χ0) is 10.1. The molecule has 2 heteroatoms. The zero-order valence-corrected chi connectivity index (χ0v) is 10.4. The average molecular weight is 201 g/mol. The fourth-order valence-corrected chi connectivity index (χ4v) is 3.16. The second-order valence-electron chi connectivity index (χ2n) is 5.26. The van der Waals surface area contributed by atoms with E-state index in [2.05, 4.69) is 51.7 Å². The molecule has 1 fully saturated rings. The Kier molecular flexibility index (Phi) is 3.70. The fraction of sp³-hybridized carbons (Fsp3) is 1.00. The molecule has 13 heavy (non-hydrogen) atoms. The van der Waals surface area contributed by atoms with Crippen molar-refractivity contribution in [1.29, 1.82) is 0 Å². The summed E-state index contributed by atoms with van der Waals surface area (Å²) in [6.45, 7) is 12.9.